The maximum absolute atomic E-state index is 4.25. The molecule has 1 rings (SSSR count). The van der Waals surface area contributed by atoms with Gasteiger partial charge in [0, 0.05) is 19.3 Å². The molecule has 0 amide bonds. The molecular formula is C14H27N3. The molecule has 1 N–H and O–H groups in total. The summed E-state index contributed by atoms with van der Waals surface area (Å²) in [5, 5.41) is 7.86. The normalized spacial score (nSPS) is 15.2. The van der Waals surface area contributed by atoms with Crippen molar-refractivity contribution in [3.63, 3.8) is 0 Å². The van der Waals surface area contributed by atoms with Gasteiger partial charge in [-0.15, -0.1) is 0 Å². The Morgan fingerprint density at radius 3 is 2.53 bits per heavy atom. The molecule has 0 saturated carbocycles. The Labute approximate surface area is 106 Å². The van der Waals surface area contributed by atoms with E-state index in [1.54, 1.807) is 0 Å². The molecule has 1 heterocycles. The van der Waals surface area contributed by atoms with Crippen molar-refractivity contribution in [2.75, 3.05) is 6.54 Å². The van der Waals surface area contributed by atoms with Gasteiger partial charge in [0.15, 0.2) is 0 Å². The molecule has 17 heavy (non-hydrogen) atoms. The fourth-order valence-corrected chi connectivity index (χ4v) is 2.36. The van der Waals surface area contributed by atoms with Crippen molar-refractivity contribution in [2.24, 2.45) is 18.9 Å². The Kier molecular flexibility index (Phi) is 5.69. The number of nitrogens with zero attached hydrogens (tertiary/aromatic N) is 2. The zero-order chi connectivity index (χ0) is 12.8. The fourth-order valence-electron chi connectivity index (χ4n) is 2.36. The second-order valence-electron chi connectivity index (χ2n) is 5.38. The van der Waals surface area contributed by atoms with Crippen LogP contribution in [-0.4, -0.2) is 22.4 Å². The van der Waals surface area contributed by atoms with E-state index in [0.29, 0.717) is 17.9 Å². The van der Waals surface area contributed by atoms with Crippen molar-refractivity contribution in [3.8, 4) is 0 Å². The molecule has 0 aliphatic heterocycles. The monoisotopic (exact) mass is 237 g/mol. The van der Waals surface area contributed by atoms with E-state index in [-0.39, 0.29) is 0 Å². The molecule has 98 valence electrons. The minimum Gasteiger partial charge on any atom is -0.314 e. The first-order valence-electron chi connectivity index (χ1n) is 6.75. The smallest absolute Gasteiger partial charge is 0.0521 e. The second kappa shape index (κ2) is 6.80. The number of rotatable bonds is 7. The molecule has 0 aliphatic carbocycles. The van der Waals surface area contributed by atoms with Gasteiger partial charge in [0.1, 0.15) is 0 Å². The van der Waals surface area contributed by atoms with Gasteiger partial charge in [-0.3, -0.25) is 4.68 Å². The van der Waals surface area contributed by atoms with Gasteiger partial charge in [-0.2, -0.15) is 5.10 Å². The maximum Gasteiger partial charge on any atom is 0.0521 e. The Morgan fingerprint density at radius 2 is 2.06 bits per heavy atom. The average Bonchev–Trinajstić information content (AvgIpc) is 2.68. The van der Waals surface area contributed by atoms with E-state index in [1.165, 1.54) is 12.0 Å². The van der Waals surface area contributed by atoms with Crippen molar-refractivity contribution in [1.82, 2.24) is 15.1 Å². The first kappa shape index (κ1) is 14.2. The van der Waals surface area contributed by atoms with Crippen LogP contribution in [0.3, 0.4) is 0 Å². The SMILES string of the molecule is CCCNC(C)C(Cc1cnn(C)c1)C(C)C. The quantitative estimate of drug-likeness (QED) is 0.790. The van der Waals surface area contributed by atoms with E-state index in [0.717, 1.165) is 13.0 Å². The summed E-state index contributed by atoms with van der Waals surface area (Å²) in [6, 6.07) is 0.565. The Bertz CT molecular complexity index is 317. The van der Waals surface area contributed by atoms with Crippen molar-refractivity contribution in [3.05, 3.63) is 18.0 Å². The summed E-state index contributed by atoms with van der Waals surface area (Å²) >= 11 is 0. The molecule has 0 bridgehead atoms. The number of hydrogen-bond acceptors (Lipinski definition) is 2. The van der Waals surface area contributed by atoms with Gasteiger partial charge in [-0.05, 0) is 43.7 Å². The van der Waals surface area contributed by atoms with Crippen LogP contribution < -0.4 is 5.32 Å². The summed E-state index contributed by atoms with van der Waals surface area (Å²) in [6.07, 6.45) is 6.43. The third kappa shape index (κ3) is 4.50. The van der Waals surface area contributed by atoms with Crippen LogP contribution in [0.15, 0.2) is 12.4 Å². The summed E-state index contributed by atoms with van der Waals surface area (Å²) in [5.41, 5.74) is 1.34. The summed E-state index contributed by atoms with van der Waals surface area (Å²) in [6.45, 7) is 10.2. The highest BCUT2D eigenvalue weighted by molar-refractivity contribution is 5.06. The topological polar surface area (TPSA) is 29.9 Å². The predicted octanol–water partition coefficient (Wildman–Crippen LogP) is 2.62. The molecular weight excluding hydrogens is 210 g/mol. The third-order valence-electron chi connectivity index (χ3n) is 3.44. The van der Waals surface area contributed by atoms with Crippen LogP contribution in [0.1, 0.15) is 39.7 Å². The van der Waals surface area contributed by atoms with Crippen LogP contribution in [-0.2, 0) is 13.5 Å². The average molecular weight is 237 g/mol. The van der Waals surface area contributed by atoms with Crippen molar-refractivity contribution in [1.29, 1.82) is 0 Å². The Hall–Kier alpha value is -0.830. The lowest BCUT2D eigenvalue weighted by molar-refractivity contribution is 0.289. The second-order valence-corrected chi connectivity index (χ2v) is 5.38. The summed E-state index contributed by atoms with van der Waals surface area (Å²) < 4.78 is 1.89. The molecule has 0 aromatic carbocycles. The zero-order valence-electron chi connectivity index (χ0n) is 11.9. The summed E-state index contributed by atoms with van der Waals surface area (Å²) in [7, 11) is 1.98. The van der Waals surface area contributed by atoms with Gasteiger partial charge in [-0.25, -0.2) is 0 Å². The lowest BCUT2D eigenvalue weighted by Crippen LogP contribution is -2.37. The molecule has 1 aromatic rings. The van der Waals surface area contributed by atoms with E-state index in [9.17, 15) is 0 Å². The van der Waals surface area contributed by atoms with Gasteiger partial charge < -0.3 is 5.32 Å². The van der Waals surface area contributed by atoms with E-state index in [2.05, 4.69) is 44.3 Å². The van der Waals surface area contributed by atoms with E-state index >= 15 is 0 Å². The first-order valence-corrected chi connectivity index (χ1v) is 6.75. The standard InChI is InChI=1S/C14H27N3/c1-6-7-15-12(4)14(11(2)3)8-13-9-16-17(5)10-13/h9-12,14-15H,6-8H2,1-5H3. The molecule has 0 spiro atoms. The fraction of sp³-hybridized carbons (Fsp3) is 0.786. The third-order valence-corrected chi connectivity index (χ3v) is 3.44. The molecule has 2 atom stereocenters. The van der Waals surface area contributed by atoms with Gasteiger partial charge in [-0.1, -0.05) is 20.8 Å². The minimum absolute atomic E-state index is 0.565. The molecule has 3 heteroatoms. The lowest BCUT2D eigenvalue weighted by atomic mass is 9.84. The molecule has 1 aromatic heterocycles. The number of nitrogens with one attached hydrogen (secondary N) is 1. The molecule has 0 saturated heterocycles. The van der Waals surface area contributed by atoms with Crippen molar-refractivity contribution < 1.29 is 0 Å². The highest BCUT2D eigenvalue weighted by Crippen LogP contribution is 2.20. The summed E-state index contributed by atoms with van der Waals surface area (Å²) in [5.74, 6) is 1.36. The van der Waals surface area contributed by atoms with E-state index in [1.807, 2.05) is 17.9 Å². The van der Waals surface area contributed by atoms with Gasteiger partial charge in [0.2, 0.25) is 0 Å². The Balaban J connectivity index is 2.59. The molecule has 0 aliphatic rings. The summed E-state index contributed by atoms with van der Waals surface area (Å²) in [4.78, 5) is 0. The molecule has 0 radical (unpaired) electrons. The van der Waals surface area contributed by atoms with Crippen molar-refractivity contribution in [2.45, 2.75) is 46.6 Å². The number of aryl methyl sites for hydroxylation is 1. The lowest BCUT2D eigenvalue weighted by Gasteiger charge is -2.28. The van der Waals surface area contributed by atoms with Gasteiger partial charge in [0.25, 0.3) is 0 Å². The van der Waals surface area contributed by atoms with Crippen molar-refractivity contribution >= 4 is 0 Å². The number of hydrogen-bond donors (Lipinski definition) is 1. The van der Waals surface area contributed by atoms with Crippen LogP contribution in [0.2, 0.25) is 0 Å². The van der Waals surface area contributed by atoms with Crippen LogP contribution in [0, 0.1) is 11.8 Å². The highest BCUT2D eigenvalue weighted by Gasteiger charge is 2.21. The highest BCUT2D eigenvalue weighted by atomic mass is 15.2. The van der Waals surface area contributed by atoms with E-state index < -0.39 is 0 Å². The van der Waals surface area contributed by atoms with Gasteiger partial charge in [0.05, 0.1) is 6.20 Å². The number of aromatic nitrogens is 2. The van der Waals surface area contributed by atoms with Crippen LogP contribution >= 0.6 is 0 Å². The maximum atomic E-state index is 4.25. The van der Waals surface area contributed by atoms with E-state index in [4.69, 9.17) is 0 Å². The molecule has 3 nitrogen and oxygen atoms in total. The van der Waals surface area contributed by atoms with Crippen LogP contribution in [0.25, 0.3) is 0 Å². The predicted molar refractivity (Wildman–Crippen MR) is 73.0 cm³/mol. The Morgan fingerprint density at radius 1 is 1.35 bits per heavy atom. The van der Waals surface area contributed by atoms with Gasteiger partial charge >= 0.3 is 0 Å². The van der Waals surface area contributed by atoms with Crippen LogP contribution in [0.4, 0.5) is 0 Å². The zero-order valence-corrected chi connectivity index (χ0v) is 11.9. The van der Waals surface area contributed by atoms with Crippen LogP contribution in [0.5, 0.6) is 0 Å². The molecule has 2 unspecified atom stereocenters. The first-order chi connectivity index (χ1) is 8.04. The largest absolute Gasteiger partial charge is 0.314 e. The molecule has 0 fully saturated rings. The minimum atomic E-state index is 0.565.